The monoisotopic (exact) mass is 495 g/mol. The molecule has 0 heterocycles. The van der Waals surface area contributed by atoms with Gasteiger partial charge in [-0.3, -0.25) is 9.59 Å². The minimum Gasteiger partial charge on any atom is -0.444 e. The lowest BCUT2D eigenvalue weighted by Crippen LogP contribution is -2.57. The molecular weight excluding hydrogens is 454 g/mol. The van der Waals surface area contributed by atoms with Crippen LogP contribution in [0.1, 0.15) is 76.8 Å². The summed E-state index contributed by atoms with van der Waals surface area (Å²) >= 11 is 0. The van der Waals surface area contributed by atoms with Gasteiger partial charge in [-0.2, -0.15) is 0 Å². The summed E-state index contributed by atoms with van der Waals surface area (Å²) in [4.78, 5) is 41.5. The van der Waals surface area contributed by atoms with Crippen LogP contribution >= 0.6 is 0 Å². The van der Waals surface area contributed by atoms with E-state index in [9.17, 15) is 14.4 Å². The molecule has 0 fully saturated rings. The number of hydrogen-bond donors (Lipinski definition) is 2. The third-order valence-corrected chi connectivity index (χ3v) is 5.44. The maximum absolute atomic E-state index is 13.8. The average molecular weight is 496 g/mol. The first-order chi connectivity index (χ1) is 16.6. The van der Waals surface area contributed by atoms with Crippen molar-refractivity contribution in [1.29, 1.82) is 0 Å². The molecule has 36 heavy (non-hydrogen) atoms. The van der Waals surface area contributed by atoms with Crippen LogP contribution in [0.25, 0.3) is 0 Å². The van der Waals surface area contributed by atoms with E-state index in [2.05, 4.69) is 10.6 Å². The predicted molar refractivity (Wildman–Crippen MR) is 142 cm³/mol. The third kappa shape index (κ3) is 8.40. The molecule has 0 spiro atoms. The van der Waals surface area contributed by atoms with Crippen LogP contribution in [0.15, 0.2) is 48.5 Å². The van der Waals surface area contributed by atoms with Crippen LogP contribution in [-0.4, -0.2) is 40.0 Å². The summed E-state index contributed by atoms with van der Waals surface area (Å²) in [7, 11) is 0. The molecule has 7 heteroatoms. The Hall–Kier alpha value is -3.35. The lowest BCUT2D eigenvalue weighted by atomic mass is 9.93. The number of benzene rings is 2. The first-order valence-electron chi connectivity index (χ1n) is 12.3. The fraction of sp³-hybridized carbons (Fsp3) is 0.483. The maximum Gasteiger partial charge on any atom is 0.408 e. The van der Waals surface area contributed by atoms with E-state index < -0.39 is 29.3 Å². The van der Waals surface area contributed by atoms with Crippen molar-refractivity contribution in [3.63, 3.8) is 0 Å². The van der Waals surface area contributed by atoms with Crippen molar-refractivity contribution in [2.24, 2.45) is 0 Å². The van der Waals surface area contributed by atoms with E-state index in [4.69, 9.17) is 4.74 Å². The van der Waals surface area contributed by atoms with Gasteiger partial charge in [-0.25, -0.2) is 4.79 Å². The van der Waals surface area contributed by atoms with Gasteiger partial charge >= 0.3 is 6.09 Å². The molecule has 0 aromatic heterocycles. The molecule has 3 amide bonds. The van der Waals surface area contributed by atoms with E-state index in [1.54, 1.807) is 32.6 Å². The predicted octanol–water partition coefficient (Wildman–Crippen LogP) is 5.20. The first-order valence-corrected chi connectivity index (χ1v) is 12.3. The lowest BCUT2D eigenvalue weighted by molar-refractivity contribution is -0.148. The molecule has 196 valence electrons. The molecule has 0 aliphatic heterocycles. The SMILES string of the molecule is Cc1cc(C)cc(C(C(=O)NCc2ccccc2)N(C(=O)C(C)NC(=O)OC(C)(C)C)C(C)(C)C)c1. The second-order valence-corrected chi connectivity index (χ2v) is 11.3. The van der Waals surface area contributed by atoms with Gasteiger partial charge in [0.1, 0.15) is 17.7 Å². The molecule has 0 aliphatic rings. The minimum atomic E-state index is -0.908. The molecule has 7 nitrogen and oxygen atoms in total. The van der Waals surface area contributed by atoms with E-state index in [0.29, 0.717) is 12.1 Å². The van der Waals surface area contributed by atoms with Crippen molar-refractivity contribution in [1.82, 2.24) is 15.5 Å². The Kier molecular flexibility index (Phi) is 9.30. The number of rotatable bonds is 7. The van der Waals surface area contributed by atoms with Crippen LogP contribution in [0.4, 0.5) is 4.79 Å². The van der Waals surface area contributed by atoms with Crippen LogP contribution in [0, 0.1) is 13.8 Å². The zero-order valence-electron chi connectivity index (χ0n) is 23.1. The highest BCUT2D eigenvalue weighted by Crippen LogP contribution is 2.31. The fourth-order valence-corrected chi connectivity index (χ4v) is 4.07. The van der Waals surface area contributed by atoms with E-state index in [1.165, 1.54) is 0 Å². The quantitative estimate of drug-likeness (QED) is 0.553. The number of ether oxygens (including phenoxy) is 1. The summed E-state index contributed by atoms with van der Waals surface area (Å²) in [6.07, 6.45) is -0.686. The minimum absolute atomic E-state index is 0.295. The highest BCUT2D eigenvalue weighted by Gasteiger charge is 2.40. The van der Waals surface area contributed by atoms with Crippen LogP contribution in [0.2, 0.25) is 0 Å². The summed E-state index contributed by atoms with van der Waals surface area (Å²) in [6, 6.07) is 13.7. The van der Waals surface area contributed by atoms with Crippen molar-refractivity contribution in [3.05, 3.63) is 70.8 Å². The van der Waals surface area contributed by atoms with Gasteiger partial charge in [-0.1, -0.05) is 59.7 Å². The van der Waals surface area contributed by atoms with Crippen LogP contribution in [-0.2, 0) is 20.9 Å². The van der Waals surface area contributed by atoms with Gasteiger partial charge in [-0.05, 0) is 73.4 Å². The number of carbonyl (C=O) groups is 3. The number of nitrogens with zero attached hydrogens (tertiary/aromatic N) is 1. The van der Waals surface area contributed by atoms with Crippen LogP contribution < -0.4 is 10.6 Å². The number of carbonyl (C=O) groups excluding carboxylic acids is 3. The zero-order chi connectivity index (χ0) is 27.3. The highest BCUT2D eigenvalue weighted by atomic mass is 16.6. The van der Waals surface area contributed by atoms with Crippen LogP contribution in [0.5, 0.6) is 0 Å². The van der Waals surface area contributed by atoms with Crippen LogP contribution in [0.3, 0.4) is 0 Å². The smallest absolute Gasteiger partial charge is 0.408 e. The molecule has 2 unspecified atom stereocenters. The van der Waals surface area contributed by atoms with Gasteiger partial charge in [-0.15, -0.1) is 0 Å². The number of hydrogen-bond acceptors (Lipinski definition) is 4. The molecule has 2 aromatic carbocycles. The lowest BCUT2D eigenvalue weighted by Gasteiger charge is -2.42. The van der Waals surface area contributed by atoms with Crippen molar-refractivity contribution in [2.45, 2.75) is 92.1 Å². The summed E-state index contributed by atoms with van der Waals surface area (Å²) in [5.41, 5.74) is 2.23. The Morgan fingerprint density at radius 1 is 0.917 bits per heavy atom. The summed E-state index contributed by atoms with van der Waals surface area (Å²) in [5, 5.41) is 5.64. The Labute approximate surface area is 215 Å². The normalized spacial score (nSPS) is 13.4. The van der Waals surface area contributed by atoms with Gasteiger partial charge in [0.2, 0.25) is 11.8 Å². The maximum atomic E-state index is 13.8. The topological polar surface area (TPSA) is 87.7 Å². The van der Waals surface area contributed by atoms with Gasteiger partial charge in [0, 0.05) is 12.1 Å². The van der Waals surface area contributed by atoms with Gasteiger partial charge in [0.05, 0.1) is 0 Å². The molecule has 0 bridgehead atoms. The van der Waals surface area contributed by atoms with E-state index in [-0.39, 0.29) is 11.8 Å². The zero-order valence-corrected chi connectivity index (χ0v) is 23.1. The Bertz CT molecular complexity index is 1050. The summed E-state index contributed by atoms with van der Waals surface area (Å²) in [6.45, 7) is 16.8. The molecular formula is C29H41N3O4. The van der Waals surface area contributed by atoms with Gasteiger partial charge < -0.3 is 20.3 Å². The first kappa shape index (κ1) is 28.9. The Morgan fingerprint density at radius 2 is 1.47 bits per heavy atom. The van der Waals surface area contributed by atoms with E-state index >= 15 is 0 Å². The van der Waals surface area contributed by atoms with E-state index in [0.717, 1.165) is 16.7 Å². The van der Waals surface area contributed by atoms with Crippen molar-refractivity contribution in [2.75, 3.05) is 0 Å². The molecule has 2 rings (SSSR count). The molecule has 2 aromatic rings. The molecule has 2 atom stereocenters. The second kappa shape index (κ2) is 11.6. The van der Waals surface area contributed by atoms with Gasteiger partial charge in [0.15, 0.2) is 0 Å². The molecule has 0 saturated heterocycles. The molecule has 0 saturated carbocycles. The number of nitrogens with one attached hydrogen (secondary N) is 2. The number of alkyl carbamates (subject to hydrolysis) is 1. The van der Waals surface area contributed by atoms with Crippen molar-refractivity contribution >= 4 is 17.9 Å². The average Bonchev–Trinajstić information content (AvgIpc) is 2.73. The number of aryl methyl sites for hydroxylation is 2. The van der Waals surface area contributed by atoms with E-state index in [1.807, 2.05) is 83.1 Å². The van der Waals surface area contributed by atoms with Gasteiger partial charge in [0.25, 0.3) is 0 Å². The molecule has 2 N–H and O–H groups in total. The summed E-state index contributed by atoms with van der Waals surface area (Å²) in [5.74, 6) is -0.677. The highest BCUT2D eigenvalue weighted by molar-refractivity contribution is 5.92. The van der Waals surface area contributed by atoms with Crippen molar-refractivity contribution in [3.8, 4) is 0 Å². The number of amides is 3. The second-order valence-electron chi connectivity index (χ2n) is 11.3. The van der Waals surface area contributed by atoms with Crippen molar-refractivity contribution < 1.29 is 19.1 Å². The third-order valence-electron chi connectivity index (χ3n) is 5.44. The molecule has 0 aliphatic carbocycles. The summed E-state index contributed by atoms with van der Waals surface area (Å²) < 4.78 is 5.34. The Balaban J connectivity index is 2.45. The molecule has 0 radical (unpaired) electrons. The fourth-order valence-electron chi connectivity index (χ4n) is 4.07. The Morgan fingerprint density at radius 3 is 1.97 bits per heavy atom. The largest absolute Gasteiger partial charge is 0.444 e. The standard InChI is InChI=1S/C29H41N3O4/c1-19-15-20(2)17-23(16-19)24(25(33)30-18-22-13-11-10-12-14-22)32(28(4,5)6)26(34)21(3)31-27(35)36-29(7,8)9/h10-17,21,24H,18H2,1-9H3,(H,30,33)(H,31,35).